The highest BCUT2D eigenvalue weighted by Gasteiger charge is 2.28. The Labute approximate surface area is 174 Å². The van der Waals surface area contributed by atoms with Crippen LogP contribution in [0.15, 0.2) is 24.3 Å². The molecule has 1 aromatic carbocycles. The summed E-state index contributed by atoms with van der Waals surface area (Å²) in [4.78, 5) is 37.8. The van der Waals surface area contributed by atoms with Gasteiger partial charge >= 0.3 is 6.03 Å². The number of fused-ring (bicyclic) bond motifs is 1. The summed E-state index contributed by atoms with van der Waals surface area (Å²) in [6.07, 6.45) is 0.606. The second-order valence-electron chi connectivity index (χ2n) is 6.88. The maximum Gasteiger partial charge on any atom is 0.319 e. The first-order valence-electron chi connectivity index (χ1n) is 9.68. The molecule has 0 atom stereocenters. The van der Waals surface area contributed by atoms with Crippen LogP contribution in [-0.4, -0.2) is 59.8 Å². The molecule has 1 aliphatic heterocycles. The van der Waals surface area contributed by atoms with Gasteiger partial charge in [0.1, 0.15) is 5.75 Å². The molecule has 1 aliphatic rings. The molecule has 0 spiro atoms. The molecule has 160 valence electrons. The van der Waals surface area contributed by atoms with Gasteiger partial charge in [-0.05, 0) is 12.1 Å². The molecule has 10 heteroatoms. The Balaban J connectivity index is 1.64. The van der Waals surface area contributed by atoms with E-state index in [1.165, 1.54) is 6.92 Å². The topological polar surface area (TPSA) is 118 Å². The first-order chi connectivity index (χ1) is 14.4. The van der Waals surface area contributed by atoms with Crippen LogP contribution in [0.4, 0.5) is 10.5 Å². The Bertz CT molecular complexity index is 955. The molecule has 0 unspecified atom stereocenters. The van der Waals surface area contributed by atoms with Gasteiger partial charge in [-0.1, -0.05) is 6.07 Å². The van der Waals surface area contributed by atoms with Gasteiger partial charge in [0.05, 0.1) is 13.7 Å². The van der Waals surface area contributed by atoms with Crippen molar-refractivity contribution in [3.8, 4) is 5.75 Å². The summed E-state index contributed by atoms with van der Waals surface area (Å²) in [5, 5.41) is 12.6. The number of hydrogen-bond donors (Lipinski definition) is 3. The van der Waals surface area contributed by atoms with E-state index in [1.807, 2.05) is 0 Å². The van der Waals surface area contributed by atoms with Crippen molar-refractivity contribution in [3.05, 3.63) is 41.2 Å². The third-order valence-corrected chi connectivity index (χ3v) is 4.96. The van der Waals surface area contributed by atoms with Gasteiger partial charge in [0.2, 0.25) is 5.91 Å². The zero-order valence-corrected chi connectivity index (χ0v) is 17.3. The molecule has 2 heterocycles. The number of ether oxygens (including phenoxy) is 1. The number of benzene rings is 1. The first-order valence-corrected chi connectivity index (χ1v) is 9.68. The maximum atomic E-state index is 12.2. The van der Waals surface area contributed by atoms with Crippen LogP contribution in [0.25, 0.3) is 0 Å². The quantitative estimate of drug-likeness (QED) is 0.651. The molecule has 0 saturated heterocycles. The van der Waals surface area contributed by atoms with Crippen LogP contribution < -0.4 is 20.7 Å². The zero-order valence-electron chi connectivity index (χ0n) is 17.3. The number of urea groups is 1. The predicted octanol–water partition coefficient (Wildman–Crippen LogP) is 0.978. The Kier molecular flexibility index (Phi) is 6.55. The standard InChI is InChI=1S/C20H26N6O4/c1-13(27)25-9-7-17-16(12-25)18(19(28)21-2)24-26(17)10-8-22-20(29)23-14-5-4-6-15(11-14)30-3/h4-6,11H,7-10,12H2,1-3H3,(H,21,28)(H2,22,23,29). The van der Waals surface area contributed by atoms with E-state index in [0.29, 0.717) is 49.7 Å². The monoisotopic (exact) mass is 414 g/mol. The zero-order chi connectivity index (χ0) is 21.7. The minimum atomic E-state index is -0.349. The van der Waals surface area contributed by atoms with E-state index in [9.17, 15) is 14.4 Å². The molecular formula is C20H26N6O4. The molecule has 0 aliphatic carbocycles. The second-order valence-corrected chi connectivity index (χ2v) is 6.88. The van der Waals surface area contributed by atoms with Gasteiger partial charge in [-0.2, -0.15) is 5.10 Å². The number of nitrogens with one attached hydrogen (secondary N) is 3. The molecule has 0 radical (unpaired) electrons. The molecule has 2 aromatic rings. The van der Waals surface area contributed by atoms with Crippen molar-refractivity contribution < 1.29 is 19.1 Å². The van der Waals surface area contributed by atoms with Gasteiger partial charge in [0.25, 0.3) is 5.91 Å². The van der Waals surface area contributed by atoms with Crippen molar-refractivity contribution in [2.75, 3.05) is 32.6 Å². The molecule has 0 saturated carbocycles. The molecule has 30 heavy (non-hydrogen) atoms. The van der Waals surface area contributed by atoms with Crippen LogP contribution in [0.3, 0.4) is 0 Å². The summed E-state index contributed by atoms with van der Waals surface area (Å²) in [5.74, 6) is 0.323. The van der Waals surface area contributed by atoms with Crippen molar-refractivity contribution in [2.24, 2.45) is 0 Å². The van der Waals surface area contributed by atoms with Crippen molar-refractivity contribution in [1.29, 1.82) is 0 Å². The molecule has 0 bridgehead atoms. The van der Waals surface area contributed by atoms with Crippen molar-refractivity contribution >= 4 is 23.5 Å². The molecule has 4 amide bonds. The lowest BCUT2D eigenvalue weighted by Gasteiger charge is -2.26. The van der Waals surface area contributed by atoms with E-state index in [4.69, 9.17) is 4.74 Å². The Morgan fingerprint density at radius 1 is 1.27 bits per heavy atom. The lowest BCUT2D eigenvalue weighted by atomic mass is 10.0. The summed E-state index contributed by atoms with van der Waals surface area (Å²) in [6, 6.07) is 6.72. The van der Waals surface area contributed by atoms with Gasteiger partial charge in [-0.3, -0.25) is 14.3 Å². The SMILES string of the molecule is CNC(=O)c1nn(CCNC(=O)Nc2cccc(OC)c2)c2c1CN(C(C)=O)CC2. The number of carbonyl (C=O) groups excluding carboxylic acids is 3. The average Bonchev–Trinajstić information content (AvgIpc) is 3.11. The Hall–Kier alpha value is -3.56. The van der Waals surface area contributed by atoms with Gasteiger partial charge in [-0.15, -0.1) is 0 Å². The van der Waals surface area contributed by atoms with E-state index in [1.54, 1.807) is 48.0 Å². The number of amides is 4. The fourth-order valence-electron chi connectivity index (χ4n) is 3.40. The normalized spacial score (nSPS) is 12.7. The number of rotatable bonds is 6. The molecule has 1 aromatic heterocycles. The maximum absolute atomic E-state index is 12.2. The molecule has 3 rings (SSSR count). The number of nitrogens with zero attached hydrogens (tertiary/aromatic N) is 3. The van der Waals surface area contributed by atoms with Crippen LogP contribution in [-0.2, 0) is 24.3 Å². The number of aromatic nitrogens is 2. The summed E-state index contributed by atoms with van der Waals surface area (Å²) in [5.41, 5.74) is 2.62. The number of hydrogen-bond acceptors (Lipinski definition) is 5. The van der Waals surface area contributed by atoms with Gasteiger partial charge in [0.15, 0.2) is 5.69 Å². The van der Waals surface area contributed by atoms with Gasteiger partial charge < -0.3 is 25.6 Å². The highest BCUT2D eigenvalue weighted by molar-refractivity contribution is 5.94. The first kappa shape index (κ1) is 21.2. The largest absolute Gasteiger partial charge is 0.497 e. The van der Waals surface area contributed by atoms with Crippen molar-refractivity contribution in [1.82, 2.24) is 25.3 Å². The smallest absolute Gasteiger partial charge is 0.319 e. The third-order valence-electron chi connectivity index (χ3n) is 4.96. The minimum Gasteiger partial charge on any atom is -0.497 e. The van der Waals surface area contributed by atoms with Crippen LogP contribution in [0, 0.1) is 0 Å². The van der Waals surface area contributed by atoms with Crippen LogP contribution in [0.5, 0.6) is 5.75 Å². The van der Waals surface area contributed by atoms with Crippen molar-refractivity contribution in [2.45, 2.75) is 26.4 Å². The average molecular weight is 414 g/mol. The van der Waals surface area contributed by atoms with E-state index < -0.39 is 0 Å². The fraction of sp³-hybridized carbons (Fsp3) is 0.400. The van der Waals surface area contributed by atoms with Crippen LogP contribution >= 0.6 is 0 Å². The van der Waals surface area contributed by atoms with E-state index in [-0.39, 0.29) is 17.8 Å². The predicted molar refractivity (Wildman–Crippen MR) is 110 cm³/mol. The molecule has 0 fully saturated rings. The van der Waals surface area contributed by atoms with E-state index in [0.717, 1.165) is 11.3 Å². The molecule has 3 N–H and O–H groups in total. The summed E-state index contributed by atoms with van der Waals surface area (Å²) >= 11 is 0. The van der Waals surface area contributed by atoms with Crippen LogP contribution in [0.2, 0.25) is 0 Å². The minimum absolute atomic E-state index is 0.0351. The van der Waals surface area contributed by atoms with Gasteiger partial charge in [-0.25, -0.2) is 4.79 Å². The Morgan fingerprint density at radius 2 is 2.07 bits per heavy atom. The molecular weight excluding hydrogens is 388 g/mol. The third kappa shape index (κ3) is 4.70. The lowest BCUT2D eigenvalue weighted by Crippen LogP contribution is -2.36. The lowest BCUT2D eigenvalue weighted by molar-refractivity contribution is -0.129. The van der Waals surface area contributed by atoms with E-state index in [2.05, 4.69) is 21.0 Å². The number of anilines is 1. The second kappa shape index (κ2) is 9.29. The fourth-order valence-corrected chi connectivity index (χ4v) is 3.40. The highest BCUT2D eigenvalue weighted by atomic mass is 16.5. The number of methoxy groups -OCH3 is 1. The highest BCUT2D eigenvalue weighted by Crippen LogP contribution is 2.23. The summed E-state index contributed by atoms with van der Waals surface area (Å²) < 4.78 is 6.88. The molecule has 10 nitrogen and oxygen atoms in total. The van der Waals surface area contributed by atoms with Gasteiger partial charge in [0, 0.05) is 63.0 Å². The Morgan fingerprint density at radius 3 is 2.77 bits per heavy atom. The van der Waals surface area contributed by atoms with E-state index >= 15 is 0 Å². The van der Waals surface area contributed by atoms with Crippen molar-refractivity contribution in [3.63, 3.8) is 0 Å². The van der Waals surface area contributed by atoms with Crippen LogP contribution in [0.1, 0.15) is 28.7 Å². The summed E-state index contributed by atoms with van der Waals surface area (Å²) in [6.45, 7) is 3.18. The number of carbonyl (C=O) groups is 3. The summed E-state index contributed by atoms with van der Waals surface area (Å²) in [7, 11) is 3.11.